The van der Waals surface area contributed by atoms with Crippen LogP contribution >= 0.6 is 15.9 Å². The number of hydrogen-bond acceptors (Lipinski definition) is 0. The quantitative estimate of drug-likeness (QED) is 0.471. The van der Waals surface area contributed by atoms with Gasteiger partial charge in [0.25, 0.3) is 0 Å². The van der Waals surface area contributed by atoms with E-state index in [0.717, 1.165) is 16.5 Å². The lowest BCUT2D eigenvalue weighted by Crippen LogP contribution is -2.25. The van der Waals surface area contributed by atoms with Gasteiger partial charge in [0.1, 0.15) is 0 Å². The standard InChI is InChI=1S/C23H19Br/c1-3-16-9-11-17(12-10-16)23(4-2)21-8-6-5-7-19(21)20-14-13-18(24)15-22(20)23/h3,5-15H,1,4H2,2H3. The van der Waals surface area contributed by atoms with Crippen LogP contribution in [0.5, 0.6) is 0 Å². The molecule has 0 aromatic heterocycles. The average Bonchev–Trinajstić information content (AvgIpc) is 2.92. The van der Waals surface area contributed by atoms with Crippen LogP contribution in [-0.2, 0) is 5.41 Å². The molecular weight excluding hydrogens is 356 g/mol. The van der Waals surface area contributed by atoms with Gasteiger partial charge in [0.15, 0.2) is 0 Å². The fourth-order valence-electron chi connectivity index (χ4n) is 4.14. The summed E-state index contributed by atoms with van der Waals surface area (Å²) < 4.78 is 1.13. The Balaban J connectivity index is 2.06. The number of benzene rings is 3. The van der Waals surface area contributed by atoms with E-state index in [4.69, 9.17) is 0 Å². The summed E-state index contributed by atoms with van der Waals surface area (Å²) in [6.45, 7) is 6.16. The maximum atomic E-state index is 3.87. The molecule has 0 spiro atoms. The Hall–Kier alpha value is -2.12. The Morgan fingerprint density at radius 2 is 1.62 bits per heavy atom. The first-order chi connectivity index (χ1) is 11.7. The van der Waals surface area contributed by atoms with E-state index in [1.54, 1.807) is 0 Å². The molecule has 3 aromatic carbocycles. The van der Waals surface area contributed by atoms with Crippen LogP contribution in [0.1, 0.15) is 35.6 Å². The molecular formula is C23H19Br. The minimum absolute atomic E-state index is 0.0879. The van der Waals surface area contributed by atoms with Gasteiger partial charge in [0, 0.05) is 9.89 Å². The highest BCUT2D eigenvalue weighted by molar-refractivity contribution is 9.10. The van der Waals surface area contributed by atoms with Crippen molar-refractivity contribution >= 4 is 22.0 Å². The molecule has 24 heavy (non-hydrogen) atoms. The molecule has 0 heterocycles. The van der Waals surface area contributed by atoms with Gasteiger partial charge < -0.3 is 0 Å². The van der Waals surface area contributed by atoms with E-state index in [1.807, 2.05) is 6.08 Å². The largest absolute Gasteiger partial charge is 0.0985 e. The predicted octanol–water partition coefficient (Wildman–Crippen LogP) is 6.82. The van der Waals surface area contributed by atoms with E-state index in [-0.39, 0.29) is 5.41 Å². The predicted molar refractivity (Wildman–Crippen MR) is 106 cm³/mol. The zero-order valence-electron chi connectivity index (χ0n) is 13.7. The van der Waals surface area contributed by atoms with Gasteiger partial charge in [-0.1, -0.05) is 90.1 Å². The van der Waals surface area contributed by atoms with Crippen molar-refractivity contribution in [3.63, 3.8) is 0 Å². The summed E-state index contributed by atoms with van der Waals surface area (Å²) in [7, 11) is 0. The molecule has 1 unspecified atom stereocenters. The molecule has 118 valence electrons. The Morgan fingerprint density at radius 1 is 0.917 bits per heavy atom. The summed E-state index contributed by atoms with van der Waals surface area (Å²) in [5.74, 6) is 0. The Bertz CT molecular complexity index is 921. The van der Waals surface area contributed by atoms with Crippen molar-refractivity contribution in [1.29, 1.82) is 0 Å². The maximum Gasteiger partial charge on any atom is 0.0461 e. The number of fused-ring (bicyclic) bond motifs is 3. The molecule has 0 saturated carbocycles. The first-order valence-corrected chi connectivity index (χ1v) is 9.13. The molecule has 3 aromatic rings. The summed E-state index contributed by atoms with van der Waals surface area (Å²) in [5, 5.41) is 0. The van der Waals surface area contributed by atoms with Gasteiger partial charge >= 0.3 is 0 Å². The zero-order chi connectivity index (χ0) is 16.7. The lowest BCUT2D eigenvalue weighted by molar-refractivity contribution is 0.609. The van der Waals surface area contributed by atoms with Gasteiger partial charge in [-0.15, -0.1) is 0 Å². The molecule has 1 heteroatoms. The average molecular weight is 375 g/mol. The second-order valence-corrected chi connectivity index (χ2v) is 7.24. The highest BCUT2D eigenvalue weighted by atomic mass is 79.9. The molecule has 1 aliphatic carbocycles. The molecule has 4 rings (SSSR count). The monoisotopic (exact) mass is 374 g/mol. The van der Waals surface area contributed by atoms with Crippen LogP contribution in [0.25, 0.3) is 17.2 Å². The summed E-state index contributed by atoms with van der Waals surface area (Å²) in [6.07, 6.45) is 2.93. The van der Waals surface area contributed by atoms with Crippen molar-refractivity contribution in [2.45, 2.75) is 18.8 Å². The van der Waals surface area contributed by atoms with Gasteiger partial charge in [-0.05, 0) is 51.9 Å². The van der Waals surface area contributed by atoms with E-state index < -0.39 is 0 Å². The van der Waals surface area contributed by atoms with Crippen LogP contribution in [0, 0.1) is 0 Å². The Labute approximate surface area is 152 Å². The molecule has 0 bridgehead atoms. The van der Waals surface area contributed by atoms with Crippen LogP contribution in [0.3, 0.4) is 0 Å². The molecule has 1 atom stereocenters. The van der Waals surface area contributed by atoms with Crippen LogP contribution in [0.4, 0.5) is 0 Å². The number of rotatable bonds is 3. The molecule has 0 amide bonds. The highest BCUT2D eigenvalue weighted by Crippen LogP contribution is 2.54. The fraction of sp³-hybridized carbons (Fsp3) is 0.130. The van der Waals surface area contributed by atoms with E-state index in [9.17, 15) is 0 Å². The molecule has 0 aliphatic heterocycles. The summed E-state index contributed by atoms with van der Waals surface area (Å²) in [6, 6.07) is 24.3. The van der Waals surface area contributed by atoms with Gasteiger partial charge in [-0.3, -0.25) is 0 Å². The first-order valence-electron chi connectivity index (χ1n) is 8.33. The summed E-state index contributed by atoms with van der Waals surface area (Å²) in [4.78, 5) is 0. The van der Waals surface area contributed by atoms with E-state index in [1.165, 1.54) is 27.8 Å². The third-order valence-corrected chi connectivity index (χ3v) is 5.78. The zero-order valence-corrected chi connectivity index (χ0v) is 15.3. The van der Waals surface area contributed by atoms with Crippen LogP contribution in [0.15, 0.2) is 77.8 Å². The normalized spacial score (nSPS) is 18.1. The smallest absolute Gasteiger partial charge is 0.0461 e. The van der Waals surface area contributed by atoms with Crippen LogP contribution in [-0.4, -0.2) is 0 Å². The lowest BCUT2D eigenvalue weighted by atomic mass is 9.70. The topological polar surface area (TPSA) is 0 Å². The molecule has 0 N–H and O–H groups in total. The van der Waals surface area contributed by atoms with Crippen molar-refractivity contribution in [3.8, 4) is 11.1 Å². The van der Waals surface area contributed by atoms with Crippen molar-refractivity contribution in [2.75, 3.05) is 0 Å². The molecule has 1 aliphatic rings. The van der Waals surface area contributed by atoms with Crippen LogP contribution in [0.2, 0.25) is 0 Å². The third-order valence-electron chi connectivity index (χ3n) is 5.29. The summed E-state index contributed by atoms with van der Waals surface area (Å²) >= 11 is 3.67. The van der Waals surface area contributed by atoms with Gasteiger partial charge in [-0.25, -0.2) is 0 Å². The van der Waals surface area contributed by atoms with E-state index in [0.29, 0.717) is 0 Å². The first kappa shape index (κ1) is 15.4. The van der Waals surface area contributed by atoms with E-state index >= 15 is 0 Å². The van der Waals surface area contributed by atoms with Crippen molar-refractivity contribution in [3.05, 3.63) is 100 Å². The SMILES string of the molecule is C=Cc1ccc(C2(CC)c3ccccc3-c3ccc(Br)cc32)cc1. The van der Waals surface area contributed by atoms with Crippen molar-refractivity contribution < 1.29 is 0 Å². The Morgan fingerprint density at radius 3 is 2.33 bits per heavy atom. The molecule has 0 radical (unpaired) electrons. The maximum absolute atomic E-state index is 3.87. The number of halogens is 1. The van der Waals surface area contributed by atoms with Crippen LogP contribution < -0.4 is 0 Å². The lowest BCUT2D eigenvalue weighted by Gasteiger charge is -2.32. The third kappa shape index (κ3) is 2.04. The highest BCUT2D eigenvalue weighted by Gasteiger charge is 2.43. The minimum Gasteiger partial charge on any atom is -0.0985 e. The molecule has 0 fully saturated rings. The van der Waals surface area contributed by atoms with Crippen molar-refractivity contribution in [1.82, 2.24) is 0 Å². The molecule has 0 saturated heterocycles. The second kappa shape index (κ2) is 5.75. The number of hydrogen-bond donors (Lipinski definition) is 0. The van der Waals surface area contributed by atoms with Crippen molar-refractivity contribution in [2.24, 2.45) is 0 Å². The molecule has 0 nitrogen and oxygen atoms in total. The van der Waals surface area contributed by atoms with Gasteiger partial charge in [0.05, 0.1) is 0 Å². The fourth-order valence-corrected chi connectivity index (χ4v) is 4.50. The minimum atomic E-state index is -0.0879. The van der Waals surface area contributed by atoms with Gasteiger partial charge in [0.2, 0.25) is 0 Å². The summed E-state index contributed by atoms with van der Waals surface area (Å²) in [5.41, 5.74) is 7.93. The van der Waals surface area contributed by atoms with Gasteiger partial charge in [-0.2, -0.15) is 0 Å². The Kier molecular flexibility index (Phi) is 3.69. The van der Waals surface area contributed by atoms with E-state index in [2.05, 4.69) is 96.2 Å². The second-order valence-electron chi connectivity index (χ2n) is 6.32.